The summed E-state index contributed by atoms with van der Waals surface area (Å²) in [4.78, 5) is 56.9. The van der Waals surface area contributed by atoms with Crippen LogP contribution < -0.4 is 16.0 Å². The topological polar surface area (TPSA) is 129 Å². The second-order valence-electron chi connectivity index (χ2n) is 12.5. The van der Waals surface area contributed by atoms with E-state index in [0.29, 0.717) is 30.9 Å². The Bertz CT molecular complexity index is 1280. The summed E-state index contributed by atoms with van der Waals surface area (Å²) < 4.78 is 1.66. The molecule has 1 aromatic heterocycles. The van der Waals surface area contributed by atoms with Crippen LogP contribution in [0.2, 0.25) is 0 Å². The predicted molar refractivity (Wildman–Crippen MR) is 170 cm³/mol. The normalized spacial score (nSPS) is 18.4. The van der Waals surface area contributed by atoms with Crippen molar-refractivity contribution in [2.45, 2.75) is 90.3 Å². The molecule has 2 fully saturated rings. The molecule has 1 aliphatic heterocycles. The Morgan fingerprint density at radius 3 is 2.18 bits per heavy atom. The predicted octanol–water partition coefficient (Wildman–Crippen LogP) is 3.55. The summed E-state index contributed by atoms with van der Waals surface area (Å²) in [5.41, 5.74) is 1.92. The third kappa shape index (κ3) is 8.25. The van der Waals surface area contributed by atoms with Crippen LogP contribution >= 0.6 is 0 Å². The summed E-state index contributed by atoms with van der Waals surface area (Å²) >= 11 is 0. The van der Waals surface area contributed by atoms with Gasteiger partial charge in [0.15, 0.2) is 0 Å². The highest BCUT2D eigenvalue weighted by Crippen LogP contribution is 2.28. The standard InChI is InChI=1S/C33H49N7O4/c1-6-28(41)36-29(33(44)39-20-18-38(5)19-21-39)23(4)24-12-14-26(15-13-24)35-32(43)30(25-10-8-7-9-11-25)37-31(42)27-16-17-34-40(27)22(2)3/h12-17,22-23,25,29-30H,6-11,18-21H2,1-5H3,(H,35,43)(H,36,41)(H,37,42)/t23-,29+,30-/m0/s1. The van der Waals surface area contributed by atoms with Crippen LogP contribution in [0.15, 0.2) is 36.5 Å². The molecule has 1 aromatic carbocycles. The van der Waals surface area contributed by atoms with Crippen LogP contribution in [0.3, 0.4) is 0 Å². The van der Waals surface area contributed by atoms with Gasteiger partial charge in [-0.1, -0.05) is 45.2 Å². The van der Waals surface area contributed by atoms with Crippen LogP contribution in [0, 0.1) is 5.92 Å². The first-order chi connectivity index (χ1) is 21.1. The van der Waals surface area contributed by atoms with Gasteiger partial charge in [-0.3, -0.25) is 23.9 Å². The number of piperazine rings is 1. The minimum atomic E-state index is -0.684. The van der Waals surface area contributed by atoms with E-state index >= 15 is 0 Å². The van der Waals surface area contributed by atoms with E-state index < -0.39 is 12.1 Å². The Hall–Kier alpha value is -3.73. The van der Waals surface area contributed by atoms with Crippen LogP contribution in [0.5, 0.6) is 0 Å². The monoisotopic (exact) mass is 607 g/mol. The number of amides is 4. The quantitative estimate of drug-likeness (QED) is 0.359. The summed E-state index contributed by atoms with van der Waals surface area (Å²) in [5, 5.41) is 13.3. The molecule has 1 aliphatic carbocycles. The molecule has 2 aliphatic rings. The van der Waals surface area contributed by atoms with Gasteiger partial charge in [-0.2, -0.15) is 5.10 Å². The van der Waals surface area contributed by atoms with Crippen molar-refractivity contribution in [2.24, 2.45) is 5.92 Å². The Morgan fingerprint density at radius 2 is 1.57 bits per heavy atom. The molecule has 4 rings (SSSR count). The molecule has 11 heteroatoms. The van der Waals surface area contributed by atoms with Crippen molar-refractivity contribution in [2.75, 3.05) is 38.5 Å². The van der Waals surface area contributed by atoms with Crippen molar-refractivity contribution in [3.05, 3.63) is 47.8 Å². The Labute approximate surface area is 261 Å². The van der Waals surface area contributed by atoms with Gasteiger partial charge < -0.3 is 25.8 Å². The third-order valence-corrected chi connectivity index (χ3v) is 9.00. The maximum atomic E-state index is 13.7. The molecule has 0 spiro atoms. The fourth-order valence-electron chi connectivity index (χ4n) is 6.17. The summed E-state index contributed by atoms with van der Waals surface area (Å²) in [7, 11) is 2.04. The van der Waals surface area contributed by atoms with Gasteiger partial charge in [0.25, 0.3) is 5.91 Å². The number of hydrogen-bond donors (Lipinski definition) is 3. The number of hydrogen-bond acceptors (Lipinski definition) is 6. The van der Waals surface area contributed by atoms with Crippen molar-refractivity contribution in [3.63, 3.8) is 0 Å². The number of benzene rings is 1. The van der Waals surface area contributed by atoms with E-state index in [4.69, 9.17) is 0 Å². The molecule has 2 heterocycles. The molecule has 4 amide bonds. The SMILES string of the molecule is CCC(=O)N[C@@H](C(=O)N1CCN(C)CC1)[C@@H](C)c1ccc(NC(=O)[C@@H](NC(=O)c2ccnn2C(C)C)C2CCCCC2)cc1. The Morgan fingerprint density at radius 1 is 0.909 bits per heavy atom. The third-order valence-electron chi connectivity index (χ3n) is 9.00. The lowest BCUT2D eigenvalue weighted by molar-refractivity contribution is -0.138. The van der Waals surface area contributed by atoms with Gasteiger partial charge in [0, 0.05) is 56.4 Å². The van der Waals surface area contributed by atoms with Gasteiger partial charge in [0.2, 0.25) is 17.7 Å². The van der Waals surface area contributed by atoms with E-state index in [1.165, 1.54) is 0 Å². The number of rotatable bonds is 11. The van der Waals surface area contributed by atoms with E-state index in [-0.39, 0.29) is 41.5 Å². The lowest BCUT2D eigenvalue weighted by Crippen LogP contribution is -2.55. The van der Waals surface area contributed by atoms with E-state index in [2.05, 4.69) is 25.9 Å². The smallest absolute Gasteiger partial charge is 0.270 e. The molecular weight excluding hydrogens is 558 g/mol. The molecule has 0 radical (unpaired) electrons. The molecule has 1 saturated carbocycles. The van der Waals surface area contributed by atoms with Crippen LogP contribution in [0.25, 0.3) is 0 Å². The van der Waals surface area contributed by atoms with E-state index in [1.54, 1.807) is 23.9 Å². The molecule has 2 aromatic rings. The van der Waals surface area contributed by atoms with Gasteiger partial charge in [0.05, 0.1) is 0 Å². The minimum Gasteiger partial charge on any atom is -0.344 e. The first-order valence-corrected chi connectivity index (χ1v) is 16.1. The largest absolute Gasteiger partial charge is 0.344 e. The molecule has 3 N–H and O–H groups in total. The number of anilines is 1. The second-order valence-corrected chi connectivity index (χ2v) is 12.5. The number of nitrogens with zero attached hydrogens (tertiary/aromatic N) is 4. The zero-order chi connectivity index (χ0) is 31.8. The average Bonchev–Trinajstić information content (AvgIpc) is 3.54. The van der Waals surface area contributed by atoms with Gasteiger partial charge in [-0.05, 0) is 63.4 Å². The lowest BCUT2D eigenvalue weighted by atomic mass is 9.83. The molecular formula is C33H49N7O4. The van der Waals surface area contributed by atoms with Crippen molar-refractivity contribution in [1.82, 2.24) is 30.2 Å². The fourth-order valence-corrected chi connectivity index (χ4v) is 6.17. The first-order valence-electron chi connectivity index (χ1n) is 16.1. The lowest BCUT2D eigenvalue weighted by Gasteiger charge is -2.36. The Kier molecular flexibility index (Phi) is 11.5. The van der Waals surface area contributed by atoms with Crippen LogP contribution in [-0.4, -0.2) is 88.5 Å². The zero-order valence-electron chi connectivity index (χ0n) is 26.8. The summed E-state index contributed by atoms with van der Waals surface area (Å²) in [6.45, 7) is 10.5. The van der Waals surface area contributed by atoms with Crippen molar-refractivity contribution in [3.8, 4) is 0 Å². The molecule has 44 heavy (non-hydrogen) atoms. The van der Waals surface area contributed by atoms with Gasteiger partial charge in [-0.25, -0.2) is 0 Å². The van der Waals surface area contributed by atoms with Crippen molar-refractivity contribution < 1.29 is 19.2 Å². The number of carbonyl (C=O) groups is 4. The summed E-state index contributed by atoms with van der Waals surface area (Å²) in [6.07, 6.45) is 6.85. The number of nitrogens with one attached hydrogen (secondary N) is 3. The van der Waals surface area contributed by atoms with Gasteiger partial charge >= 0.3 is 0 Å². The highest BCUT2D eigenvalue weighted by Gasteiger charge is 2.34. The van der Waals surface area contributed by atoms with E-state index in [1.807, 2.05) is 57.0 Å². The van der Waals surface area contributed by atoms with E-state index in [9.17, 15) is 19.2 Å². The maximum Gasteiger partial charge on any atom is 0.270 e. The van der Waals surface area contributed by atoms with Gasteiger partial charge in [0.1, 0.15) is 17.8 Å². The highest BCUT2D eigenvalue weighted by atomic mass is 16.2. The number of carbonyl (C=O) groups excluding carboxylic acids is 4. The number of aromatic nitrogens is 2. The van der Waals surface area contributed by atoms with Crippen LogP contribution in [0.4, 0.5) is 5.69 Å². The highest BCUT2D eigenvalue weighted by molar-refractivity contribution is 6.00. The Balaban J connectivity index is 1.47. The fraction of sp³-hybridized carbons (Fsp3) is 0.606. The minimum absolute atomic E-state index is 0.0142. The second kappa shape index (κ2) is 15.3. The zero-order valence-corrected chi connectivity index (χ0v) is 26.8. The summed E-state index contributed by atoms with van der Waals surface area (Å²) in [5.74, 6) is -1.03. The van der Waals surface area contributed by atoms with Crippen molar-refractivity contribution >= 4 is 29.3 Å². The molecule has 11 nitrogen and oxygen atoms in total. The van der Waals surface area contributed by atoms with E-state index in [0.717, 1.165) is 50.8 Å². The van der Waals surface area contributed by atoms with Crippen LogP contribution in [0.1, 0.15) is 94.2 Å². The van der Waals surface area contributed by atoms with Crippen LogP contribution in [-0.2, 0) is 14.4 Å². The maximum absolute atomic E-state index is 13.7. The van der Waals surface area contributed by atoms with Crippen molar-refractivity contribution in [1.29, 1.82) is 0 Å². The summed E-state index contributed by atoms with van der Waals surface area (Å²) in [6, 6.07) is 7.74. The molecule has 240 valence electrons. The van der Waals surface area contributed by atoms with Gasteiger partial charge in [-0.15, -0.1) is 0 Å². The average molecular weight is 608 g/mol. The molecule has 1 saturated heterocycles. The molecule has 0 unspecified atom stereocenters. The molecule has 3 atom stereocenters. The number of likely N-dealkylation sites (N-methyl/N-ethyl adjacent to an activating group) is 1. The molecule has 0 bridgehead atoms. The first kappa shape index (κ1) is 33.2.